The number of amides is 1. The molecule has 0 bridgehead atoms. The van der Waals surface area contributed by atoms with Crippen LogP contribution in [0.25, 0.3) is 11.0 Å². The Balaban J connectivity index is 1.62. The highest BCUT2D eigenvalue weighted by molar-refractivity contribution is 5.93. The molecule has 0 unspecified atom stereocenters. The summed E-state index contributed by atoms with van der Waals surface area (Å²) in [5, 5.41) is 7.45. The highest BCUT2D eigenvalue weighted by Gasteiger charge is 2.27. The van der Waals surface area contributed by atoms with Crippen LogP contribution >= 0.6 is 0 Å². The van der Waals surface area contributed by atoms with Gasteiger partial charge >= 0.3 is 0 Å². The molecule has 1 aliphatic heterocycles. The number of aromatic nitrogens is 2. The van der Waals surface area contributed by atoms with Crippen molar-refractivity contribution in [2.75, 3.05) is 13.1 Å². The maximum absolute atomic E-state index is 12.8. The van der Waals surface area contributed by atoms with Crippen molar-refractivity contribution in [1.82, 2.24) is 15.1 Å². The number of carbonyl (C=O) groups excluding carboxylic acids is 1. The minimum atomic E-state index is -0.234. The first-order valence-electron chi connectivity index (χ1n) is 8.04. The molecule has 0 spiro atoms. The average molecular weight is 323 g/mol. The van der Waals surface area contributed by atoms with Gasteiger partial charge in [-0.1, -0.05) is 12.1 Å². The van der Waals surface area contributed by atoms with Crippen LogP contribution in [-0.4, -0.2) is 34.1 Å². The van der Waals surface area contributed by atoms with Crippen LogP contribution in [0.3, 0.4) is 0 Å². The lowest BCUT2D eigenvalue weighted by molar-refractivity contribution is 0.0674. The van der Waals surface area contributed by atoms with Crippen molar-refractivity contribution in [3.05, 3.63) is 64.3 Å². The van der Waals surface area contributed by atoms with Gasteiger partial charge in [0, 0.05) is 37.0 Å². The Morgan fingerprint density at radius 3 is 3.00 bits per heavy atom. The zero-order chi connectivity index (χ0) is 16.5. The van der Waals surface area contributed by atoms with Crippen molar-refractivity contribution in [2.24, 2.45) is 0 Å². The smallest absolute Gasteiger partial charge is 0.289 e. The molecule has 2 aromatic heterocycles. The fourth-order valence-corrected chi connectivity index (χ4v) is 3.27. The third-order valence-corrected chi connectivity index (χ3v) is 4.52. The number of likely N-dealkylation sites (tertiary alicyclic amines) is 1. The Morgan fingerprint density at radius 1 is 1.29 bits per heavy atom. The van der Waals surface area contributed by atoms with Crippen LogP contribution in [-0.2, 0) is 0 Å². The number of fused-ring (bicyclic) bond motifs is 1. The molecule has 1 atom stereocenters. The molecule has 6 heteroatoms. The normalized spacial score (nSPS) is 18.0. The molecule has 24 heavy (non-hydrogen) atoms. The fourth-order valence-electron chi connectivity index (χ4n) is 3.27. The van der Waals surface area contributed by atoms with Gasteiger partial charge in [-0.25, -0.2) is 0 Å². The number of H-pyrrole nitrogens is 1. The van der Waals surface area contributed by atoms with E-state index in [9.17, 15) is 9.59 Å². The Hall–Kier alpha value is -2.89. The van der Waals surface area contributed by atoms with Crippen molar-refractivity contribution in [1.29, 1.82) is 0 Å². The lowest BCUT2D eigenvalue weighted by Gasteiger charge is -2.31. The van der Waals surface area contributed by atoms with E-state index in [1.54, 1.807) is 35.4 Å². The number of nitrogens with one attached hydrogen (secondary N) is 1. The van der Waals surface area contributed by atoms with Gasteiger partial charge in [-0.05, 0) is 31.0 Å². The highest BCUT2D eigenvalue weighted by atomic mass is 16.3. The molecule has 122 valence electrons. The maximum Gasteiger partial charge on any atom is 0.289 e. The van der Waals surface area contributed by atoms with Gasteiger partial charge in [0.25, 0.3) is 5.91 Å². The van der Waals surface area contributed by atoms with Gasteiger partial charge in [-0.15, -0.1) is 0 Å². The van der Waals surface area contributed by atoms with Crippen LogP contribution < -0.4 is 5.43 Å². The molecule has 1 N–H and O–H groups in total. The summed E-state index contributed by atoms with van der Waals surface area (Å²) in [6.07, 6.45) is 3.64. The highest BCUT2D eigenvalue weighted by Crippen LogP contribution is 2.26. The third-order valence-electron chi connectivity index (χ3n) is 4.52. The monoisotopic (exact) mass is 323 g/mol. The van der Waals surface area contributed by atoms with Gasteiger partial charge in [-0.2, -0.15) is 5.10 Å². The molecule has 6 nitrogen and oxygen atoms in total. The summed E-state index contributed by atoms with van der Waals surface area (Å²) in [6, 6.07) is 10.2. The SMILES string of the molecule is O=C(c1cc(=O)c2ccccc2o1)N1CCC[C@H](c2ccn[nH]2)C1. The van der Waals surface area contributed by atoms with Crippen molar-refractivity contribution in [2.45, 2.75) is 18.8 Å². The van der Waals surface area contributed by atoms with E-state index in [4.69, 9.17) is 4.42 Å². The number of benzene rings is 1. The van der Waals surface area contributed by atoms with E-state index in [1.807, 2.05) is 6.07 Å². The van der Waals surface area contributed by atoms with Crippen molar-refractivity contribution < 1.29 is 9.21 Å². The van der Waals surface area contributed by atoms with Crippen molar-refractivity contribution in [3.8, 4) is 0 Å². The van der Waals surface area contributed by atoms with Gasteiger partial charge in [0.05, 0.1) is 5.39 Å². The zero-order valence-electron chi connectivity index (χ0n) is 13.1. The summed E-state index contributed by atoms with van der Waals surface area (Å²) < 4.78 is 5.67. The van der Waals surface area contributed by atoms with Gasteiger partial charge in [-0.3, -0.25) is 14.7 Å². The van der Waals surface area contributed by atoms with Crippen LogP contribution in [0.15, 0.2) is 51.8 Å². The van der Waals surface area contributed by atoms with E-state index in [-0.39, 0.29) is 23.0 Å². The van der Waals surface area contributed by atoms with Crippen LogP contribution in [0.5, 0.6) is 0 Å². The van der Waals surface area contributed by atoms with Crippen LogP contribution in [0.4, 0.5) is 0 Å². The fraction of sp³-hybridized carbons (Fsp3) is 0.278. The molecule has 1 fully saturated rings. The number of para-hydroxylation sites is 1. The molecule has 1 aliphatic rings. The molecular formula is C18H17N3O3. The summed E-state index contributed by atoms with van der Waals surface area (Å²) >= 11 is 0. The van der Waals surface area contributed by atoms with E-state index in [0.29, 0.717) is 24.1 Å². The van der Waals surface area contributed by atoms with E-state index in [0.717, 1.165) is 18.5 Å². The van der Waals surface area contributed by atoms with E-state index < -0.39 is 0 Å². The Morgan fingerprint density at radius 2 is 2.17 bits per heavy atom. The van der Waals surface area contributed by atoms with Gasteiger partial charge < -0.3 is 9.32 Å². The van der Waals surface area contributed by atoms with E-state index in [1.165, 1.54) is 6.07 Å². The second-order valence-electron chi connectivity index (χ2n) is 6.07. The first kappa shape index (κ1) is 14.7. The molecule has 1 saturated heterocycles. The number of nitrogens with zero attached hydrogens (tertiary/aromatic N) is 2. The third kappa shape index (κ3) is 2.60. The number of hydrogen-bond acceptors (Lipinski definition) is 4. The quantitative estimate of drug-likeness (QED) is 0.786. The van der Waals surface area contributed by atoms with Gasteiger partial charge in [0.1, 0.15) is 5.58 Å². The second kappa shape index (κ2) is 5.96. The first-order valence-corrected chi connectivity index (χ1v) is 8.04. The van der Waals surface area contributed by atoms with Crippen molar-refractivity contribution in [3.63, 3.8) is 0 Å². The lowest BCUT2D eigenvalue weighted by atomic mass is 9.95. The first-order chi connectivity index (χ1) is 11.7. The molecule has 0 aliphatic carbocycles. The van der Waals surface area contributed by atoms with Crippen LogP contribution in [0.2, 0.25) is 0 Å². The zero-order valence-corrected chi connectivity index (χ0v) is 13.1. The van der Waals surface area contributed by atoms with E-state index in [2.05, 4.69) is 10.2 Å². The number of aromatic amines is 1. The minimum absolute atomic E-state index is 0.101. The second-order valence-corrected chi connectivity index (χ2v) is 6.07. The maximum atomic E-state index is 12.8. The Labute approximate surface area is 138 Å². The topological polar surface area (TPSA) is 79.2 Å². The van der Waals surface area contributed by atoms with Crippen molar-refractivity contribution >= 4 is 16.9 Å². The molecule has 3 aromatic rings. The molecular weight excluding hydrogens is 306 g/mol. The predicted molar refractivity (Wildman–Crippen MR) is 89.0 cm³/mol. The molecule has 0 radical (unpaired) electrons. The molecule has 3 heterocycles. The van der Waals surface area contributed by atoms with Gasteiger partial charge in [0.15, 0.2) is 11.2 Å². The summed E-state index contributed by atoms with van der Waals surface area (Å²) in [5.41, 5.74) is 1.28. The van der Waals surface area contributed by atoms with Crippen LogP contribution in [0.1, 0.15) is 35.0 Å². The average Bonchev–Trinajstić information content (AvgIpc) is 3.16. The Kier molecular flexibility index (Phi) is 3.65. The number of rotatable bonds is 2. The summed E-state index contributed by atoms with van der Waals surface area (Å²) in [4.78, 5) is 26.7. The predicted octanol–water partition coefficient (Wildman–Crippen LogP) is 2.54. The molecule has 4 rings (SSSR count). The Bertz CT molecular complexity index is 930. The molecule has 1 amide bonds. The summed E-state index contributed by atoms with van der Waals surface area (Å²) in [6.45, 7) is 1.26. The lowest BCUT2D eigenvalue weighted by Crippen LogP contribution is -2.39. The summed E-state index contributed by atoms with van der Waals surface area (Å²) in [7, 11) is 0. The van der Waals surface area contributed by atoms with Gasteiger partial charge in [0.2, 0.25) is 0 Å². The van der Waals surface area contributed by atoms with E-state index >= 15 is 0 Å². The standard InChI is InChI=1S/C18H17N3O3/c22-15-10-17(24-16-6-2-1-5-13(15)16)18(23)21-9-3-4-12(11-21)14-7-8-19-20-14/h1-2,5-8,10,12H,3-4,9,11H2,(H,19,20)/t12-/m0/s1. The summed E-state index contributed by atoms with van der Waals surface area (Å²) in [5.74, 6) is 0.100. The molecule has 0 saturated carbocycles. The van der Waals surface area contributed by atoms with Crippen LogP contribution in [0, 0.1) is 0 Å². The largest absolute Gasteiger partial charge is 0.451 e. The number of piperidine rings is 1. The minimum Gasteiger partial charge on any atom is -0.451 e. The number of hydrogen-bond donors (Lipinski definition) is 1. The molecule has 1 aromatic carbocycles. The number of carbonyl (C=O) groups is 1.